The number of hydrogen-bond donors (Lipinski definition) is 0. The molecule has 1 heterocycles. The predicted molar refractivity (Wildman–Crippen MR) is 98.0 cm³/mol. The molecule has 0 aliphatic rings. The third-order valence-corrected chi connectivity index (χ3v) is 4.05. The minimum Gasteiger partial charge on any atom is -0.497 e. The normalized spacial score (nSPS) is 11.4. The van der Waals surface area contributed by atoms with Gasteiger partial charge in [-0.25, -0.2) is 0 Å². The lowest BCUT2D eigenvalue weighted by atomic mass is 9.87. The molecule has 3 aromatic rings. The Morgan fingerprint density at radius 3 is 2.16 bits per heavy atom. The Balaban J connectivity index is 1.63. The highest BCUT2D eigenvalue weighted by Crippen LogP contribution is 2.25. The summed E-state index contributed by atoms with van der Waals surface area (Å²) in [5, 5.41) is 4.10. The van der Waals surface area contributed by atoms with E-state index in [1.807, 2.05) is 42.5 Å². The molecule has 0 N–H and O–H groups in total. The van der Waals surface area contributed by atoms with Crippen LogP contribution >= 0.6 is 0 Å². The molecule has 0 saturated carbocycles. The summed E-state index contributed by atoms with van der Waals surface area (Å²) in [5.41, 5.74) is 3.17. The van der Waals surface area contributed by atoms with Crippen molar-refractivity contribution in [3.05, 3.63) is 65.9 Å². The SMILES string of the molecule is COc1ccc(-c2cc(COc3ccc(C(C)(C)C)cc3)on2)cc1. The highest BCUT2D eigenvalue weighted by atomic mass is 16.5. The van der Waals surface area contributed by atoms with E-state index < -0.39 is 0 Å². The molecule has 4 heteroatoms. The fourth-order valence-electron chi connectivity index (χ4n) is 2.48. The van der Waals surface area contributed by atoms with Crippen molar-refractivity contribution in [2.75, 3.05) is 7.11 Å². The van der Waals surface area contributed by atoms with Gasteiger partial charge in [-0.15, -0.1) is 0 Å². The van der Waals surface area contributed by atoms with Crippen LogP contribution in [-0.4, -0.2) is 12.3 Å². The van der Waals surface area contributed by atoms with E-state index in [1.165, 1.54) is 5.56 Å². The van der Waals surface area contributed by atoms with Crippen LogP contribution in [0.1, 0.15) is 32.1 Å². The molecule has 0 saturated heterocycles. The molecule has 0 bridgehead atoms. The van der Waals surface area contributed by atoms with E-state index in [2.05, 4.69) is 38.1 Å². The largest absolute Gasteiger partial charge is 0.497 e. The number of methoxy groups -OCH3 is 1. The van der Waals surface area contributed by atoms with Gasteiger partial charge in [0.15, 0.2) is 5.76 Å². The van der Waals surface area contributed by atoms with Crippen LogP contribution in [0.2, 0.25) is 0 Å². The first-order valence-corrected chi connectivity index (χ1v) is 8.29. The standard InChI is InChI=1S/C21H23NO3/c1-21(2,3)16-7-11-18(12-8-16)24-14-19-13-20(22-25-19)15-5-9-17(23-4)10-6-15/h5-13H,14H2,1-4H3. The third-order valence-electron chi connectivity index (χ3n) is 4.05. The van der Waals surface area contributed by atoms with Crippen LogP contribution in [0.4, 0.5) is 0 Å². The monoisotopic (exact) mass is 337 g/mol. The van der Waals surface area contributed by atoms with E-state index >= 15 is 0 Å². The number of hydrogen-bond acceptors (Lipinski definition) is 4. The van der Waals surface area contributed by atoms with Crippen molar-refractivity contribution in [2.45, 2.75) is 32.8 Å². The van der Waals surface area contributed by atoms with Crippen LogP contribution in [0.15, 0.2) is 59.1 Å². The lowest BCUT2D eigenvalue weighted by Crippen LogP contribution is -2.10. The number of nitrogens with zero attached hydrogens (tertiary/aromatic N) is 1. The maximum absolute atomic E-state index is 5.79. The number of benzene rings is 2. The molecule has 3 rings (SSSR count). The van der Waals surface area contributed by atoms with Gasteiger partial charge in [0.2, 0.25) is 0 Å². The Morgan fingerprint density at radius 2 is 1.56 bits per heavy atom. The molecule has 4 nitrogen and oxygen atoms in total. The molecular formula is C21H23NO3. The van der Waals surface area contributed by atoms with Gasteiger partial charge in [-0.05, 0) is 47.4 Å². The van der Waals surface area contributed by atoms with Gasteiger partial charge in [-0.3, -0.25) is 0 Å². The molecule has 25 heavy (non-hydrogen) atoms. The van der Waals surface area contributed by atoms with Crippen LogP contribution in [0.5, 0.6) is 11.5 Å². The van der Waals surface area contributed by atoms with E-state index in [1.54, 1.807) is 7.11 Å². The number of ether oxygens (including phenoxy) is 2. The maximum atomic E-state index is 5.79. The van der Waals surface area contributed by atoms with Gasteiger partial charge in [0.05, 0.1) is 7.11 Å². The summed E-state index contributed by atoms with van der Waals surface area (Å²) in [5.74, 6) is 2.32. The van der Waals surface area contributed by atoms with Gasteiger partial charge in [-0.1, -0.05) is 38.1 Å². The Morgan fingerprint density at radius 1 is 0.920 bits per heavy atom. The van der Waals surface area contributed by atoms with Crippen LogP contribution < -0.4 is 9.47 Å². The molecule has 0 spiro atoms. The Labute approximate surface area is 148 Å². The summed E-state index contributed by atoms with van der Waals surface area (Å²) in [7, 11) is 1.65. The van der Waals surface area contributed by atoms with Crippen molar-refractivity contribution in [3.63, 3.8) is 0 Å². The quantitative estimate of drug-likeness (QED) is 0.640. The van der Waals surface area contributed by atoms with Crippen molar-refractivity contribution in [2.24, 2.45) is 0 Å². The third kappa shape index (κ3) is 4.21. The molecule has 0 aliphatic heterocycles. The fourth-order valence-corrected chi connectivity index (χ4v) is 2.48. The lowest BCUT2D eigenvalue weighted by Gasteiger charge is -2.19. The summed E-state index contributed by atoms with van der Waals surface area (Å²) in [6.45, 7) is 6.92. The molecule has 2 aromatic carbocycles. The fraction of sp³-hybridized carbons (Fsp3) is 0.286. The van der Waals surface area contributed by atoms with Gasteiger partial charge in [0.25, 0.3) is 0 Å². The lowest BCUT2D eigenvalue weighted by molar-refractivity contribution is 0.249. The second-order valence-electron chi connectivity index (χ2n) is 6.97. The maximum Gasteiger partial charge on any atom is 0.174 e. The molecule has 0 amide bonds. The molecule has 0 aliphatic carbocycles. The smallest absolute Gasteiger partial charge is 0.174 e. The summed E-state index contributed by atoms with van der Waals surface area (Å²) < 4.78 is 16.3. The van der Waals surface area contributed by atoms with Crippen molar-refractivity contribution in [1.82, 2.24) is 5.16 Å². The molecule has 1 aromatic heterocycles. The highest BCUT2D eigenvalue weighted by Gasteiger charge is 2.13. The second-order valence-corrected chi connectivity index (χ2v) is 6.97. The van der Waals surface area contributed by atoms with Gasteiger partial charge in [-0.2, -0.15) is 0 Å². The summed E-state index contributed by atoms with van der Waals surface area (Å²) in [4.78, 5) is 0. The second kappa shape index (κ2) is 7.01. The molecule has 0 radical (unpaired) electrons. The van der Waals surface area contributed by atoms with Crippen molar-refractivity contribution in [3.8, 4) is 22.8 Å². The van der Waals surface area contributed by atoms with Crippen LogP contribution in [-0.2, 0) is 12.0 Å². The zero-order chi connectivity index (χ0) is 17.9. The zero-order valence-corrected chi connectivity index (χ0v) is 15.1. The first kappa shape index (κ1) is 17.1. The number of rotatable bonds is 5. The van der Waals surface area contributed by atoms with E-state index in [4.69, 9.17) is 14.0 Å². The van der Waals surface area contributed by atoms with Gasteiger partial charge in [0, 0.05) is 11.6 Å². The van der Waals surface area contributed by atoms with Crippen LogP contribution in [0.3, 0.4) is 0 Å². The van der Waals surface area contributed by atoms with Crippen LogP contribution in [0.25, 0.3) is 11.3 Å². The van der Waals surface area contributed by atoms with Crippen molar-refractivity contribution in [1.29, 1.82) is 0 Å². The van der Waals surface area contributed by atoms with E-state index in [9.17, 15) is 0 Å². The van der Waals surface area contributed by atoms with Crippen molar-refractivity contribution < 1.29 is 14.0 Å². The van der Waals surface area contributed by atoms with Crippen molar-refractivity contribution >= 4 is 0 Å². The van der Waals surface area contributed by atoms with E-state index in [0.717, 1.165) is 22.8 Å². The molecule has 0 atom stereocenters. The van der Waals surface area contributed by atoms with E-state index in [-0.39, 0.29) is 5.41 Å². The van der Waals surface area contributed by atoms with Crippen LogP contribution in [0, 0.1) is 0 Å². The number of aromatic nitrogens is 1. The van der Waals surface area contributed by atoms with Gasteiger partial charge >= 0.3 is 0 Å². The zero-order valence-electron chi connectivity index (χ0n) is 15.1. The summed E-state index contributed by atoms with van der Waals surface area (Å²) in [6.07, 6.45) is 0. The molecule has 0 unspecified atom stereocenters. The van der Waals surface area contributed by atoms with Gasteiger partial charge < -0.3 is 14.0 Å². The average molecular weight is 337 g/mol. The molecule has 130 valence electrons. The minimum absolute atomic E-state index is 0.136. The molecule has 0 fully saturated rings. The molecular weight excluding hydrogens is 314 g/mol. The summed E-state index contributed by atoms with van der Waals surface area (Å²) in [6, 6.07) is 17.8. The minimum atomic E-state index is 0.136. The first-order valence-electron chi connectivity index (χ1n) is 8.29. The Bertz CT molecular complexity index is 812. The Kier molecular flexibility index (Phi) is 4.79. The van der Waals surface area contributed by atoms with Gasteiger partial charge in [0.1, 0.15) is 23.8 Å². The van der Waals surface area contributed by atoms with E-state index in [0.29, 0.717) is 12.4 Å². The average Bonchev–Trinajstić information content (AvgIpc) is 3.09. The first-order chi connectivity index (χ1) is 12.0. The summed E-state index contributed by atoms with van der Waals surface area (Å²) >= 11 is 0. The Hall–Kier alpha value is -2.75. The predicted octanol–water partition coefficient (Wildman–Crippen LogP) is 5.23. The topological polar surface area (TPSA) is 44.5 Å². The highest BCUT2D eigenvalue weighted by molar-refractivity contribution is 5.59.